The molecule has 0 radical (unpaired) electrons. The van der Waals surface area contributed by atoms with Crippen LogP contribution in [-0.2, 0) is 0 Å². The molecule has 5 aromatic carbocycles. The molecular weight excluding hydrogens is 498 g/mol. The van der Waals surface area contributed by atoms with E-state index in [1.165, 1.54) is 32.8 Å². The van der Waals surface area contributed by atoms with E-state index in [-0.39, 0.29) is 0 Å². The van der Waals surface area contributed by atoms with Crippen molar-refractivity contribution in [3.63, 3.8) is 0 Å². The van der Waals surface area contributed by atoms with Gasteiger partial charge in [-0.1, -0.05) is 91.0 Å². The Bertz CT molecular complexity index is 2170. The van der Waals surface area contributed by atoms with Gasteiger partial charge >= 0.3 is 0 Å². The Kier molecular flexibility index (Phi) is 5.46. The molecule has 8 aromatic rings. The molecule has 0 fully saturated rings. The van der Waals surface area contributed by atoms with Crippen molar-refractivity contribution in [2.75, 3.05) is 0 Å². The Morgan fingerprint density at radius 1 is 0.439 bits per heavy atom. The van der Waals surface area contributed by atoms with Gasteiger partial charge in [-0.2, -0.15) is 0 Å². The van der Waals surface area contributed by atoms with Crippen LogP contribution in [0.25, 0.3) is 71.9 Å². The Labute approximate surface area is 238 Å². The highest BCUT2D eigenvalue weighted by Gasteiger charge is 2.13. The summed E-state index contributed by atoms with van der Waals surface area (Å²) in [5.74, 6) is 0. The molecule has 0 atom stereocenters. The van der Waals surface area contributed by atoms with Gasteiger partial charge in [0.15, 0.2) is 0 Å². The molecule has 0 saturated heterocycles. The second-order valence-corrected chi connectivity index (χ2v) is 10.3. The van der Waals surface area contributed by atoms with Crippen LogP contribution < -0.4 is 0 Å². The molecule has 0 aliphatic rings. The quantitative estimate of drug-likeness (QED) is 0.230. The summed E-state index contributed by atoms with van der Waals surface area (Å²) in [7, 11) is 0. The first-order chi connectivity index (χ1) is 20.3. The number of hydrogen-bond donors (Lipinski definition) is 0. The van der Waals surface area contributed by atoms with E-state index in [1.54, 1.807) is 0 Å². The lowest BCUT2D eigenvalue weighted by Crippen LogP contribution is -1.95. The smallest absolute Gasteiger partial charge is 0.0710 e. The normalized spacial score (nSPS) is 11.4. The van der Waals surface area contributed by atoms with E-state index in [0.29, 0.717) is 0 Å². The zero-order valence-electron chi connectivity index (χ0n) is 22.3. The van der Waals surface area contributed by atoms with Gasteiger partial charge in [-0.25, -0.2) is 4.98 Å². The third-order valence-electron chi connectivity index (χ3n) is 7.86. The van der Waals surface area contributed by atoms with Crippen molar-refractivity contribution in [2.45, 2.75) is 0 Å². The van der Waals surface area contributed by atoms with Gasteiger partial charge in [0.1, 0.15) is 0 Å². The number of rotatable bonds is 4. The van der Waals surface area contributed by atoms with Gasteiger partial charge in [-0.3, -0.25) is 4.98 Å². The third kappa shape index (κ3) is 4.07. The molecule has 3 nitrogen and oxygen atoms in total. The molecule has 0 spiro atoms. The molecular formula is C38H25N3. The van der Waals surface area contributed by atoms with E-state index in [9.17, 15) is 0 Å². The summed E-state index contributed by atoms with van der Waals surface area (Å²) in [6.07, 6.45) is 3.81. The Hall–Kier alpha value is -5.54. The number of benzene rings is 5. The van der Waals surface area contributed by atoms with Crippen molar-refractivity contribution < 1.29 is 0 Å². The number of pyridine rings is 2. The minimum absolute atomic E-state index is 0.947. The van der Waals surface area contributed by atoms with Gasteiger partial charge in [-0.15, -0.1) is 0 Å². The maximum absolute atomic E-state index is 5.13. The Balaban J connectivity index is 1.19. The zero-order valence-corrected chi connectivity index (χ0v) is 22.3. The van der Waals surface area contributed by atoms with E-state index < -0.39 is 0 Å². The molecule has 3 heteroatoms. The number of nitrogens with zero attached hydrogens (tertiary/aromatic N) is 3. The fourth-order valence-electron chi connectivity index (χ4n) is 5.88. The second kappa shape index (κ2) is 9.58. The van der Waals surface area contributed by atoms with Crippen LogP contribution in [0.4, 0.5) is 0 Å². The van der Waals surface area contributed by atoms with Crippen molar-refractivity contribution in [1.29, 1.82) is 0 Å². The second-order valence-electron chi connectivity index (χ2n) is 10.3. The topological polar surface area (TPSA) is 30.7 Å². The summed E-state index contributed by atoms with van der Waals surface area (Å²) in [6, 6.07) is 49.3. The standard InChI is InChI=1S/C38H25N3/c1-2-9-27-22-29(19-18-26(27)8-1)28-10-5-11-30(23-28)35-15-7-16-36(40-35)31-12-6-13-32(24-31)41-37-17-4-3-14-33(37)34-25-39-21-20-38(34)41/h1-25H. The third-order valence-corrected chi connectivity index (χ3v) is 7.86. The highest BCUT2D eigenvalue weighted by Crippen LogP contribution is 2.33. The van der Waals surface area contributed by atoms with E-state index in [2.05, 4.69) is 149 Å². The maximum Gasteiger partial charge on any atom is 0.0710 e. The fourth-order valence-corrected chi connectivity index (χ4v) is 5.88. The lowest BCUT2D eigenvalue weighted by molar-refractivity contribution is 1.17. The summed E-state index contributed by atoms with van der Waals surface area (Å²) >= 11 is 0. The molecule has 0 saturated carbocycles. The van der Waals surface area contributed by atoms with Crippen molar-refractivity contribution >= 4 is 32.6 Å². The lowest BCUT2D eigenvalue weighted by Gasteiger charge is -2.11. The van der Waals surface area contributed by atoms with Crippen LogP contribution in [0, 0.1) is 0 Å². The predicted octanol–water partition coefficient (Wildman–Crippen LogP) is 9.73. The van der Waals surface area contributed by atoms with Crippen molar-refractivity contribution in [3.8, 4) is 39.3 Å². The average Bonchev–Trinajstić information content (AvgIpc) is 3.39. The Morgan fingerprint density at radius 3 is 2.02 bits per heavy atom. The minimum Gasteiger partial charge on any atom is -0.309 e. The SMILES string of the molecule is c1cc(-c2ccc3ccccc3c2)cc(-c2cccc(-c3cccc(-n4c5ccccc5c5cnccc54)c3)n2)c1. The van der Waals surface area contributed by atoms with Crippen LogP contribution in [-0.4, -0.2) is 14.5 Å². The molecule has 0 N–H and O–H groups in total. The van der Waals surface area contributed by atoms with Gasteiger partial charge < -0.3 is 4.57 Å². The number of aromatic nitrogens is 3. The fraction of sp³-hybridized carbons (Fsp3) is 0. The number of fused-ring (bicyclic) bond motifs is 4. The van der Waals surface area contributed by atoms with Crippen molar-refractivity contribution in [1.82, 2.24) is 14.5 Å². The van der Waals surface area contributed by atoms with Crippen LogP contribution >= 0.6 is 0 Å². The minimum atomic E-state index is 0.947. The molecule has 0 bridgehead atoms. The Morgan fingerprint density at radius 2 is 1.12 bits per heavy atom. The van der Waals surface area contributed by atoms with Crippen LogP contribution in [0.15, 0.2) is 152 Å². The maximum atomic E-state index is 5.13. The first-order valence-corrected chi connectivity index (χ1v) is 13.8. The van der Waals surface area contributed by atoms with Crippen molar-refractivity contribution in [3.05, 3.63) is 152 Å². The van der Waals surface area contributed by atoms with E-state index in [4.69, 9.17) is 4.98 Å². The van der Waals surface area contributed by atoms with Gasteiger partial charge in [0.2, 0.25) is 0 Å². The summed E-state index contributed by atoms with van der Waals surface area (Å²) in [4.78, 5) is 9.51. The summed E-state index contributed by atoms with van der Waals surface area (Å²) in [5, 5.41) is 4.85. The highest BCUT2D eigenvalue weighted by molar-refractivity contribution is 6.08. The van der Waals surface area contributed by atoms with Crippen LogP contribution in [0.1, 0.15) is 0 Å². The molecule has 0 aliphatic heterocycles. The monoisotopic (exact) mass is 523 g/mol. The molecule has 8 rings (SSSR count). The molecule has 41 heavy (non-hydrogen) atoms. The van der Waals surface area contributed by atoms with Gasteiger partial charge in [0, 0.05) is 40.0 Å². The highest BCUT2D eigenvalue weighted by atomic mass is 15.0. The summed E-state index contributed by atoms with van der Waals surface area (Å²) in [6.45, 7) is 0. The summed E-state index contributed by atoms with van der Waals surface area (Å²) < 4.78 is 2.31. The number of para-hydroxylation sites is 1. The van der Waals surface area contributed by atoms with Crippen LogP contribution in [0.3, 0.4) is 0 Å². The van der Waals surface area contributed by atoms with Gasteiger partial charge in [-0.05, 0) is 70.4 Å². The predicted molar refractivity (Wildman–Crippen MR) is 170 cm³/mol. The van der Waals surface area contributed by atoms with Crippen molar-refractivity contribution in [2.24, 2.45) is 0 Å². The molecule has 0 unspecified atom stereocenters. The average molecular weight is 524 g/mol. The molecule has 3 aromatic heterocycles. The van der Waals surface area contributed by atoms with E-state index in [1.807, 2.05) is 12.4 Å². The zero-order chi connectivity index (χ0) is 27.2. The molecule has 0 amide bonds. The molecule has 3 heterocycles. The first-order valence-electron chi connectivity index (χ1n) is 13.8. The van der Waals surface area contributed by atoms with E-state index >= 15 is 0 Å². The first kappa shape index (κ1) is 23.4. The van der Waals surface area contributed by atoms with Crippen LogP contribution in [0.5, 0.6) is 0 Å². The van der Waals surface area contributed by atoms with E-state index in [0.717, 1.165) is 39.1 Å². The van der Waals surface area contributed by atoms with Gasteiger partial charge in [0.05, 0.1) is 22.4 Å². The summed E-state index contributed by atoms with van der Waals surface area (Å²) in [5.41, 5.74) is 9.88. The largest absolute Gasteiger partial charge is 0.309 e. The molecule has 0 aliphatic carbocycles. The number of hydrogen-bond acceptors (Lipinski definition) is 2. The lowest BCUT2D eigenvalue weighted by atomic mass is 9.98. The molecule has 192 valence electrons. The van der Waals surface area contributed by atoms with Gasteiger partial charge in [0.25, 0.3) is 0 Å². The van der Waals surface area contributed by atoms with Crippen LogP contribution in [0.2, 0.25) is 0 Å².